The molecule has 0 bridgehead atoms. The number of hydrogen-bond acceptors (Lipinski definition) is 2. The largest absolute Gasteiger partial charge is 0.370 e. The van der Waals surface area contributed by atoms with E-state index in [1.165, 1.54) is 24.8 Å². The maximum atomic E-state index is 6.11. The Balaban J connectivity index is 0.00000192. The maximum absolute atomic E-state index is 6.11. The Bertz CT molecular complexity index is 617. The summed E-state index contributed by atoms with van der Waals surface area (Å²) >= 11 is 0. The van der Waals surface area contributed by atoms with Crippen molar-refractivity contribution in [2.45, 2.75) is 32.4 Å². The van der Waals surface area contributed by atoms with Crippen LogP contribution in [0.15, 0.2) is 47.7 Å². The summed E-state index contributed by atoms with van der Waals surface area (Å²) in [4.78, 5) is 11.1. The first kappa shape index (κ1) is 17.8. The van der Waals surface area contributed by atoms with Gasteiger partial charge in [-0.15, -0.1) is 24.0 Å². The number of imidazole rings is 1. The van der Waals surface area contributed by atoms with Gasteiger partial charge in [0.25, 0.3) is 0 Å². The molecule has 0 aliphatic carbocycles. The number of piperidine rings is 1. The van der Waals surface area contributed by atoms with E-state index in [2.05, 4.69) is 43.7 Å². The lowest BCUT2D eigenvalue weighted by molar-refractivity contribution is 0.338. The van der Waals surface area contributed by atoms with Gasteiger partial charge in [-0.2, -0.15) is 0 Å². The summed E-state index contributed by atoms with van der Waals surface area (Å²) < 4.78 is 2.13. The number of guanidine groups is 1. The average molecular weight is 425 g/mol. The van der Waals surface area contributed by atoms with Gasteiger partial charge < -0.3 is 15.2 Å². The summed E-state index contributed by atoms with van der Waals surface area (Å²) in [5, 5.41) is 0. The van der Waals surface area contributed by atoms with Gasteiger partial charge in [-0.3, -0.25) is 0 Å². The number of hydrogen-bond donors (Lipinski definition) is 1. The zero-order chi connectivity index (χ0) is 15.2. The smallest absolute Gasteiger partial charge is 0.191 e. The molecule has 1 fully saturated rings. The highest BCUT2D eigenvalue weighted by molar-refractivity contribution is 14.0. The second-order valence-electron chi connectivity index (χ2n) is 5.68. The van der Waals surface area contributed by atoms with Gasteiger partial charge in [0, 0.05) is 32.0 Å². The van der Waals surface area contributed by atoms with Crippen LogP contribution >= 0.6 is 24.0 Å². The first-order valence-electron chi connectivity index (χ1n) is 7.92. The summed E-state index contributed by atoms with van der Waals surface area (Å²) in [6.07, 6.45) is 7.53. The number of likely N-dealkylation sites (tertiary alicyclic amines) is 1. The predicted octanol–water partition coefficient (Wildman–Crippen LogP) is 2.85. The van der Waals surface area contributed by atoms with Gasteiger partial charge in [0.15, 0.2) is 5.96 Å². The number of rotatable bonds is 4. The Morgan fingerprint density at radius 1 is 1.13 bits per heavy atom. The van der Waals surface area contributed by atoms with Crippen molar-refractivity contribution in [1.29, 1.82) is 0 Å². The van der Waals surface area contributed by atoms with Crippen LogP contribution in [-0.4, -0.2) is 33.5 Å². The molecule has 5 nitrogen and oxygen atoms in total. The molecule has 0 radical (unpaired) electrons. The standard InChI is InChI=1S/C17H23N5.HI/c18-17(21-10-5-2-6-11-21)20-13-16-19-9-12-22(16)14-15-7-3-1-4-8-15;/h1,3-4,7-9,12H,2,5-6,10-11,13-14H2,(H2,18,20);1H. The molecule has 1 aromatic heterocycles. The van der Waals surface area contributed by atoms with Crippen molar-refractivity contribution in [2.24, 2.45) is 10.7 Å². The average Bonchev–Trinajstić information content (AvgIpc) is 3.01. The maximum Gasteiger partial charge on any atom is 0.191 e. The van der Waals surface area contributed by atoms with Gasteiger partial charge in [0.05, 0.1) is 0 Å². The van der Waals surface area contributed by atoms with Gasteiger partial charge in [0.1, 0.15) is 12.4 Å². The molecule has 1 aliphatic rings. The molecule has 0 atom stereocenters. The summed E-state index contributed by atoms with van der Waals surface area (Å²) in [7, 11) is 0. The summed E-state index contributed by atoms with van der Waals surface area (Å²) in [6, 6.07) is 10.4. The molecule has 1 saturated heterocycles. The molecule has 1 aliphatic heterocycles. The number of nitrogens with zero attached hydrogens (tertiary/aromatic N) is 4. The third-order valence-corrected chi connectivity index (χ3v) is 4.06. The quantitative estimate of drug-likeness (QED) is 0.466. The van der Waals surface area contributed by atoms with Crippen LogP contribution < -0.4 is 5.73 Å². The molecular formula is C17H24IN5. The molecule has 0 amide bonds. The Labute approximate surface area is 154 Å². The summed E-state index contributed by atoms with van der Waals surface area (Å²) in [5.41, 5.74) is 7.37. The van der Waals surface area contributed by atoms with Gasteiger partial charge in [0.2, 0.25) is 0 Å². The third kappa shape index (κ3) is 4.95. The molecule has 1 aromatic carbocycles. The van der Waals surface area contributed by atoms with E-state index >= 15 is 0 Å². The molecule has 124 valence electrons. The van der Waals surface area contributed by atoms with Crippen molar-refractivity contribution < 1.29 is 0 Å². The fourth-order valence-electron chi connectivity index (χ4n) is 2.79. The normalized spacial score (nSPS) is 15.3. The molecule has 0 saturated carbocycles. The first-order chi connectivity index (χ1) is 10.8. The molecule has 0 spiro atoms. The van der Waals surface area contributed by atoms with Gasteiger partial charge in [-0.05, 0) is 24.8 Å². The summed E-state index contributed by atoms with van der Waals surface area (Å²) in [6.45, 7) is 3.39. The number of benzene rings is 1. The van der Waals surface area contributed by atoms with Gasteiger partial charge >= 0.3 is 0 Å². The lowest BCUT2D eigenvalue weighted by Crippen LogP contribution is -2.40. The number of aliphatic imine (C=N–C) groups is 1. The van der Waals surface area contributed by atoms with Crippen molar-refractivity contribution in [1.82, 2.24) is 14.5 Å². The zero-order valence-corrected chi connectivity index (χ0v) is 15.6. The first-order valence-corrected chi connectivity index (χ1v) is 7.92. The molecule has 2 aromatic rings. The Morgan fingerprint density at radius 3 is 2.61 bits per heavy atom. The second-order valence-corrected chi connectivity index (χ2v) is 5.68. The fourth-order valence-corrected chi connectivity index (χ4v) is 2.79. The minimum Gasteiger partial charge on any atom is -0.370 e. The van der Waals surface area contributed by atoms with Crippen molar-refractivity contribution in [3.63, 3.8) is 0 Å². The van der Waals surface area contributed by atoms with Crippen LogP contribution in [-0.2, 0) is 13.1 Å². The van der Waals surface area contributed by atoms with Crippen LogP contribution in [0.4, 0.5) is 0 Å². The van der Waals surface area contributed by atoms with Crippen LogP contribution in [0.25, 0.3) is 0 Å². The lowest BCUT2D eigenvalue weighted by atomic mass is 10.1. The van der Waals surface area contributed by atoms with E-state index in [-0.39, 0.29) is 24.0 Å². The highest BCUT2D eigenvalue weighted by Gasteiger charge is 2.12. The molecule has 0 unspecified atom stereocenters. The minimum atomic E-state index is 0. The monoisotopic (exact) mass is 425 g/mol. The van der Waals surface area contributed by atoms with Crippen molar-refractivity contribution >= 4 is 29.9 Å². The van der Waals surface area contributed by atoms with E-state index < -0.39 is 0 Å². The van der Waals surface area contributed by atoms with Gasteiger partial charge in [-0.25, -0.2) is 9.98 Å². The highest BCUT2D eigenvalue weighted by Crippen LogP contribution is 2.09. The Morgan fingerprint density at radius 2 is 1.87 bits per heavy atom. The van der Waals surface area contributed by atoms with Crippen LogP contribution in [0.2, 0.25) is 0 Å². The number of nitrogens with two attached hydrogens (primary N) is 1. The zero-order valence-electron chi connectivity index (χ0n) is 13.3. The summed E-state index contributed by atoms with van der Waals surface area (Å²) in [5.74, 6) is 1.60. The minimum absolute atomic E-state index is 0. The van der Waals surface area contributed by atoms with E-state index in [9.17, 15) is 0 Å². The Hall–Kier alpha value is -1.57. The highest BCUT2D eigenvalue weighted by atomic mass is 127. The second kappa shape index (κ2) is 8.90. The third-order valence-electron chi connectivity index (χ3n) is 4.06. The van der Waals surface area contributed by atoms with Crippen LogP contribution in [0.5, 0.6) is 0 Å². The van der Waals surface area contributed by atoms with E-state index in [1.54, 1.807) is 0 Å². The molecule has 23 heavy (non-hydrogen) atoms. The molecule has 3 rings (SSSR count). The molecular weight excluding hydrogens is 401 g/mol. The number of aromatic nitrogens is 2. The van der Waals surface area contributed by atoms with Crippen LogP contribution in [0.3, 0.4) is 0 Å². The van der Waals surface area contributed by atoms with Crippen molar-refractivity contribution in [3.05, 3.63) is 54.1 Å². The van der Waals surface area contributed by atoms with Gasteiger partial charge in [-0.1, -0.05) is 30.3 Å². The molecule has 2 N–H and O–H groups in total. The van der Waals surface area contributed by atoms with E-state index in [1.807, 2.05) is 18.5 Å². The SMILES string of the molecule is I.NC(=NCc1nccn1Cc1ccccc1)N1CCCCC1. The molecule has 2 heterocycles. The fraction of sp³-hybridized carbons (Fsp3) is 0.412. The molecule has 6 heteroatoms. The Kier molecular flexibility index (Phi) is 6.88. The number of halogens is 1. The predicted molar refractivity (Wildman–Crippen MR) is 104 cm³/mol. The van der Waals surface area contributed by atoms with E-state index in [0.717, 1.165) is 25.5 Å². The lowest BCUT2D eigenvalue weighted by Gasteiger charge is -2.27. The van der Waals surface area contributed by atoms with E-state index in [0.29, 0.717) is 12.5 Å². The van der Waals surface area contributed by atoms with Crippen LogP contribution in [0, 0.1) is 0 Å². The van der Waals surface area contributed by atoms with Crippen molar-refractivity contribution in [2.75, 3.05) is 13.1 Å². The van der Waals surface area contributed by atoms with Crippen molar-refractivity contribution in [3.8, 4) is 0 Å². The van der Waals surface area contributed by atoms with E-state index in [4.69, 9.17) is 5.73 Å². The topological polar surface area (TPSA) is 59.4 Å². The van der Waals surface area contributed by atoms with Crippen LogP contribution in [0.1, 0.15) is 30.7 Å².